The molecule has 0 radical (unpaired) electrons. The van der Waals surface area contributed by atoms with Gasteiger partial charge in [0.1, 0.15) is 0 Å². The third kappa shape index (κ3) is 1.04. The number of likely N-dealkylation sites (N-methyl/N-ethyl adjacent to an activating group) is 2. The van der Waals surface area contributed by atoms with Crippen molar-refractivity contribution in [2.24, 2.45) is 0 Å². The summed E-state index contributed by atoms with van der Waals surface area (Å²) in [6, 6.07) is 0. The van der Waals surface area contributed by atoms with E-state index in [1.165, 1.54) is 12.8 Å². The number of hydrogen-bond donors (Lipinski definition) is 0. The highest BCUT2D eigenvalue weighted by Crippen LogP contribution is 2.43. The molecule has 1 heterocycles. The third-order valence-electron chi connectivity index (χ3n) is 3.16. The Morgan fingerprint density at radius 2 is 2.17 bits per heavy atom. The zero-order valence-electron chi connectivity index (χ0n) is 7.84. The molecule has 1 amide bonds. The molecule has 0 aromatic heterocycles. The monoisotopic (exact) mass is 168 g/mol. The van der Waals surface area contributed by atoms with Crippen LogP contribution in [0.1, 0.15) is 19.8 Å². The fourth-order valence-corrected chi connectivity index (χ4v) is 2.15. The maximum atomic E-state index is 11.4. The molecule has 68 valence electrons. The van der Waals surface area contributed by atoms with Crippen molar-refractivity contribution in [1.82, 2.24) is 9.80 Å². The molecule has 3 heteroatoms. The van der Waals surface area contributed by atoms with Crippen LogP contribution in [0.5, 0.6) is 0 Å². The Hall–Kier alpha value is -0.570. The van der Waals surface area contributed by atoms with Gasteiger partial charge in [-0.15, -0.1) is 0 Å². The molecular formula is C9H16N2O. The molecule has 1 saturated heterocycles. The highest BCUT2D eigenvalue weighted by atomic mass is 16.2. The highest BCUT2D eigenvalue weighted by Gasteiger charge is 2.51. The Morgan fingerprint density at radius 1 is 1.50 bits per heavy atom. The zero-order chi connectivity index (χ0) is 8.77. The summed E-state index contributed by atoms with van der Waals surface area (Å²) < 4.78 is 0. The van der Waals surface area contributed by atoms with E-state index in [-0.39, 0.29) is 5.91 Å². The summed E-state index contributed by atoms with van der Waals surface area (Å²) in [6.07, 6.45) is 2.55. The summed E-state index contributed by atoms with van der Waals surface area (Å²) in [5, 5.41) is 0. The standard InChI is InChI=1S/C9H16N2O/c1-3-11-6-8(12)10(2)7-9(11)4-5-9/h3-7H2,1-2H3. The maximum Gasteiger partial charge on any atom is 0.236 e. The Bertz CT molecular complexity index is 211. The van der Waals surface area contributed by atoms with Crippen LogP contribution >= 0.6 is 0 Å². The van der Waals surface area contributed by atoms with Crippen molar-refractivity contribution < 1.29 is 4.79 Å². The van der Waals surface area contributed by atoms with Crippen LogP contribution in [-0.2, 0) is 4.79 Å². The molecule has 2 aliphatic rings. The minimum absolute atomic E-state index is 0.273. The van der Waals surface area contributed by atoms with Gasteiger partial charge in [0, 0.05) is 19.1 Å². The molecule has 0 atom stereocenters. The van der Waals surface area contributed by atoms with Crippen LogP contribution in [0.2, 0.25) is 0 Å². The molecule has 0 aromatic carbocycles. The van der Waals surface area contributed by atoms with Gasteiger partial charge in [-0.25, -0.2) is 0 Å². The van der Waals surface area contributed by atoms with Gasteiger partial charge in [0.2, 0.25) is 5.91 Å². The lowest BCUT2D eigenvalue weighted by molar-refractivity contribution is -0.137. The lowest BCUT2D eigenvalue weighted by Gasteiger charge is -2.39. The predicted molar refractivity (Wildman–Crippen MR) is 46.8 cm³/mol. The summed E-state index contributed by atoms with van der Waals surface area (Å²) in [4.78, 5) is 15.6. The summed E-state index contributed by atoms with van der Waals surface area (Å²) in [6.45, 7) is 4.73. The molecule has 0 N–H and O–H groups in total. The lowest BCUT2D eigenvalue weighted by Crippen LogP contribution is -2.56. The predicted octanol–water partition coefficient (Wildman–Crippen LogP) is 0.313. The van der Waals surface area contributed by atoms with Crippen LogP contribution < -0.4 is 0 Å². The molecule has 2 fully saturated rings. The largest absolute Gasteiger partial charge is 0.343 e. The first-order chi connectivity index (χ1) is 5.68. The van der Waals surface area contributed by atoms with Gasteiger partial charge in [0.05, 0.1) is 6.54 Å². The molecule has 0 aromatic rings. The van der Waals surface area contributed by atoms with Gasteiger partial charge >= 0.3 is 0 Å². The lowest BCUT2D eigenvalue weighted by atomic mass is 10.1. The van der Waals surface area contributed by atoms with Crippen LogP contribution in [0.3, 0.4) is 0 Å². The van der Waals surface area contributed by atoms with Crippen molar-refractivity contribution in [1.29, 1.82) is 0 Å². The van der Waals surface area contributed by atoms with Crippen LogP contribution in [0, 0.1) is 0 Å². The molecule has 2 rings (SSSR count). The van der Waals surface area contributed by atoms with Crippen molar-refractivity contribution >= 4 is 5.91 Å². The minimum Gasteiger partial charge on any atom is -0.343 e. The Kier molecular flexibility index (Phi) is 1.65. The zero-order valence-corrected chi connectivity index (χ0v) is 7.84. The van der Waals surface area contributed by atoms with Crippen molar-refractivity contribution in [3.63, 3.8) is 0 Å². The molecule has 12 heavy (non-hydrogen) atoms. The Labute approximate surface area is 73.3 Å². The molecule has 3 nitrogen and oxygen atoms in total. The first-order valence-corrected chi connectivity index (χ1v) is 4.67. The number of nitrogens with zero attached hydrogens (tertiary/aromatic N) is 2. The second kappa shape index (κ2) is 2.46. The van der Waals surface area contributed by atoms with E-state index in [0.29, 0.717) is 12.1 Å². The van der Waals surface area contributed by atoms with E-state index < -0.39 is 0 Å². The van der Waals surface area contributed by atoms with Crippen LogP contribution in [0.15, 0.2) is 0 Å². The maximum absolute atomic E-state index is 11.4. The first kappa shape index (κ1) is 8.05. The van der Waals surface area contributed by atoms with E-state index in [9.17, 15) is 4.79 Å². The second-order valence-corrected chi connectivity index (χ2v) is 3.99. The summed E-state index contributed by atoms with van der Waals surface area (Å²) >= 11 is 0. The Balaban J connectivity index is 2.11. The van der Waals surface area contributed by atoms with Gasteiger partial charge in [-0.1, -0.05) is 6.92 Å². The van der Waals surface area contributed by atoms with E-state index in [1.54, 1.807) is 0 Å². The van der Waals surface area contributed by atoms with Gasteiger partial charge < -0.3 is 4.90 Å². The SMILES string of the molecule is CCN1CC(=O)N(C)CC12CC2. The number of carbonyl (C=O) groups excluding carboxylic acids is 1. The second-order valence-electron chi connectivity index (χ2n) is 3.99. The number of piperazine rings is 1. The number of amides is 1. The number of rotatable bonds is 1. The van der Waals surface area contributed by atoms with E-state index in [2.05, 4.69) is 11.8 Å². The van der Waals surface area contributed by atoms with Gasteiger partial charge in [0.15, 0.2) is 0 Å². The van der Waals surface area contributed by atoms with Crippen LogP contribution in [0.25, 0.3) is 0 Å². The quantitative estimate of drug-likeness (QED) is 0.562. The molecule has 0 unspecified atom stereocenters. The molecule has 1 saturated carbocycles. The highest BCUT2D eigenvalue weighted by molar-refractivity contribution is 5.79. The molecule has 1 aliphatic carbocycles. The smallest absolute Gasteiger partial charge is 0.236 e. The fraction of sp³-hybridized carbons (Fsp3) is 0.889. The van der Waals surface area contributed by atoms with E-state index in [1.807, 2.05) is 11.9 Å². The summed E-state index contributed by atoms with van der Waals surface area (Å²) in [5.74, 6) is 0.273. The normalized spacial score (nSPS) is 28.2. The Morgan fingerprint density at radius 3 is 2.67 bits per heavy atom. The fourth-order valence-electron chi connectivity index (χ4n) is 2.15. The number of carbonyl (C=O) groups is 1. The van der Waals surface area contributed by atoms with Crippen LogP contribution in [-0.4, -0.2) is 47.9 Å². The third-order valence-corrected chi connectivity index (χ3v) is 3.16. The van der Waals surface area contributed by atoms with Crippen LogP contribution in [0.4, 0.5) is 0 Å². The van der Waals surface area contributed by atoms with Crippen molar-refractivity contribution in [2.75, 3.05) is 26.7 Å². The minimum atomic E-state index is 0.273. The van der Waals surface area contributed by atoms with Crippen molar-refractivity contribution in [3.8, 4) is 0 Å². The molecular weight excluding hydrogens is 152 g/mol. The van der Waals surface area contributed by atoms with Crippen molar-refractivity contribution in [3.05, 3.63) is 0 Å². The molecule has 1 aliphatic heterocycles. The summed E-state index contributed by atoms with van der Waals surface area (Å²) in [7, 11) is 1.91. The average molecular weight is 168 g/mol. The molecule has 0 bridgehead atoms. The first-order valence-electron chi connectivity index (χ1n) is 4.67. The topological polar surface area (TPSA) is 23.6 Å². The van der Waals surface area contributed by atoms with Crippen molar-refractivity contribution in [2.45, 2.75) is 25.3 Å². The van der Waals surface area contributed by atoms with E-state index in [0.717, 1.165) is 13.1 Å². The van der Waals surface area contributed by atoms with E-state index >= 15 is 0 Å². The summed E-state index contributed by atoms with van der Waals surface area (Å²) in [5.41, 5.74) is 0.386. The van der Waals surface area contributed by atoms with E-state index in [4.69, 9.17) is 0 Å². The van der Waals surface area contributed by atoms with Gasteiger partial charge in [-0.2, -0.15) is 0 Å². The van der Waals surface area contributed by atoms with Gasteiger partial charge in [-0.3, -0.25) is 9.69 Å². The molecule has 1 spiro atoms. The average Bonchev–Trinajstić information content (AvgIpc) is 2.78. The van der Waals surface area contributed by atoms with Gasteiger partial charge in [-0.05, 0) is 19.4 Å². The van der Waals surface area contributed by atoms with Gasteiger partial charge in [0.25, 0.3) is 0 Å². The number of hydrogen-bond acceptors (Lipinski definition) is 2.